The van der Waals surface area contributed by atoms with E-state index in [2.05, 4.69) is 75.3 Å². The molecular formula is C26H31N7O2. The van der Waals surface area contributed by atoms with E-state index in [4.69, 9.17) is 4.74 Å². The molecule has 1 fully saturated rings. The van der Waals surface area contributed by atoms with Gasteiger partial charge in [0.2, 0.25) is 0 Å². The standard InChI is InChI=1S/C26H31N7O2/c1-26(2,3)33-24(28-29-30-33)23(32-14-12-31(13-15-32)19-8-6-5-7-9-19)21-17-18-16-20(35-4)10-11-22(18)27-25(21)34/h5-11,16-17,23H,12-15H2,1-4H3,(H,27,34)/t23-/m1/s1. The highest BCUT2D eigenvalue weighted by molar-refractivity contribution is 5.80. The van der Waals surface area contributed by atoms with Gasteiger partial charge >= 0.3 is 0 Å². The third-order valence-corrected chi connectivity index (χ3v) is 6.55. The molecule has 2 aromatic heterocycles. The molecule has 0 saturated carbocycles. The Bertz CT molecular complexity index is 1370. The lowest BCUT2D eigenvalue weighted by Crippen LogP contribution is -2.49. The van der Waals surface area contributed by atoms with Crippen molar-refractivity contribution < 1.29 is 4.74 Å². The number of pyridine rings is 1. The number of hydrogen-bond donors (Lipinski definition) is 1. The minimum Gasteiger partial charge on any atom is -0.497 e. The lowest BCUT2D eigenvalue weighted by atomic mass is 10.0. The number of H-pyrrole nitrogens is 1. The summed E-state index contributed by atoms with van der Waals surface area (Å²) in [7, 11) is 1.64. The van der Waals surface area contributed by atoms with Crippen LogP contribution in [-0.4, -0.2) is 63.4 Å². The zero-order valence-corrected chi connectivity index (χ0v) is 20.6. The molecule has 1 N–H and O–H groups in total. The van der Waals surface area contributed by atoms with Crippen molar-refractivity contribution in [2.75, 3.05) is 38.2 Å². The van der Waals surface area contributed by atoms with E-state index >= 15 is 0 Å². The maximum Gasteiger partial charge on any atom is 0.253 e. The van der Waals surface area contributed by atoms with Crippen LogP contribution in [0, 0.1) is 0 Å². The molecule has 35 heavy (non-hydrogen) atoms. The molecule has 9 heteroatoms. The number of para-hydroxylation sites is 1. The topological polar surface area (TPSA) is 92.2 Å². The van der Waals surface area contributed by atoms with Gasteiger partial charge in [-0.15, -0.1) is 5.10 Å². The molecule has 1 aliphatic rings. The summed E-state index contributed by atoms with van der Waals surface area (Å²) in [6, 6.07) is 17.6. The molecule has 1 saturated heterocycles. The Kier molecular flexibility index (Phi) is 6.02. The third-order valence-electron chi connectivity index (χ3n) is 6.55. The number of piperazine rings is 1. The predicted octanol–water partition coefficient (Wildman–Crippen LogP) is 3.19. The van der Waals surface area contributed by atoms with Crippen LogP contribution in [0.2, 0.25) is 0 Å². The van der Waals surface area contributed by atoms with Crippen molar-refractivity contribution in [2.45, 2.75) is 32.4 Å². The van der Waals surface area contributed by atoms with Crippen molar-refractivity contribution in [3.8, 4) is 5.75 Å². The third kappa shape index (κ3) is 4.51. The highest BCUT2D eigenvalue weighted by atomic mass is 16.5. The van der Waals surface area contributed by atoms with Crippen LogP contribution in [0.4, 0.5) is 5.69 Å². The quantitative estimate of drug-likeness (QED) is 0.476. The molecule has 1 atom stereocenters. The molecule has 0 bridgehead atoms. The number of rotatable bonds is 5. The fraction of sp³-hybridized carbons (Fsp3) is 0.385. The first-order chi connectivity index (χ1) is 16.8. The Labute approximate surface area is 204 Å². The highest BCUT2D eigenvalue weighted by Crippen LogP contribution is 2.31. The summed E-state index contributed by atoms with van der Waals surface area (Å²) < 4.78 is 7.24. The van der Waals surface area contributed by atoms with Gasteiger partial charge in [-0.25, -0.2) is 4.68 Å². The fourth-order valence-corrected chi connectivity index (χ4v) is 4.75. The number of aromatic amines is 1. The molecule has 2 aromatic carbocycles. The van der Waals surface area contributed by atoms with Crippen LogP contribution in [-0.2, 0) is 5.54 Å². The van der Waals surface area contributed by atoms with E-state index in [1.54, 1.807) is 7.11 Å². The minimum absolute atomic E-state index is 0.137. The van der Waals surface area contributed by atoms with Crippen LogP contribution < -0.4 is 15.2 Å². The zero-order chi connectivity index (χ0) is 24.6. The number of nitrogens with one attached hydrogen (secondary N) is 1. The Morgan fingerprint density at radius 3 is 2.43 bits per heavy atom. The Balaban J connectivity index is 1.57. The van der Waals surface area contributed by atoms with Crippen molar-refractivity contribution in [1.82, 2.24) is 30.1 Å². The monoisotopic (exact) mass is 473 g/mol. The number of tetrazole rings is 1. The first-order valence-electron chi connectivity index (χ1n) is 11.9. The van der Waals surface area contributed by atoms with Crippen molar-refractivity contribution in [3.63, 3.8) is 0 Å². The van der Waals surface area contributed by atoms with E-state index in [0.29, 0.717) is 11.4 Å². The number of aromatic nitrogens is 5. The van der Waals surface area contributed by atoms with Crippen molar-refractivity contribution in [1.29, 1.82) is 0 Å². The maximum absolute atomic E-state index is 13.4. The molecule has 3 heterocycles. The molecule has 0 amide bonds. The number of anilines is 1. The molecule has 0 radical (unpaired) electrons. The summed E-state index contributed by atoms with van der Waals surface area (Å²) in [6.45, 7) is 9.42. The Morgan fingerprint density at radius 1 is 1.00 bits per heavy atom. The average molecular weight is 474 g/mol. The molecule has 0 spiro atoms. The molecule has 9 nitrogen and oxygen atoms in total. The van der Waals surface area contributed by atoms with E-state index < -0.39 is 0 Å². The molecule has 1 aliphatic heterocycles. The smallest absolute Gasteiger partial charge is 0.253 e. The Hall–Kier alpha value is -3.72. The van der Waals surface area contributed by atoms with Gasteiger partial charge in [0.05, 0.1) is 12.6 Å². The van der Waals surface area contributed by atoms with Crippen LogP contribution in [0.15, 0.2) is 59.4 Å². The van der Waals surface area contributed by atoms with Gasteiger partial charge in [-0.05, 0) is 67.6 Å². The van der Waals surface area contributed by atoms with Gasteiger partial charge < -0.3 is 14.6 Å². The Morgan fingerprint density at radius 2 is 1.74 bits per heavy atom. The second-order valence-electron chi connectivity index (χ2n) is 9.89. The van der Waals surface area contributed by atoms with Gasteiger partial charge in [0.1, 0.15) is 11.8 Å². The van der Waals surface area contributed by atoms with Crippen LogP contribution in [0.25, 0.3) is 10.9 Å². The lowest BCUT2D eigenvalue weighted by molar-refractivity contribution is 0.190. The number of nitrogens with zero attached hydrogens (tertiary/aromatic N) is 6. The number of hydrogen-bond acceptors (Lipinski definition) is 7. The second-order valence-corrected chi connectivity index (χ2v) is 9.89. The summed E-state index contributed by atoms with van der Waals surface area (Å²) in [6.07, 6.45) is 0. The van der Waals surface area contributed by atoms with Crippen LogP contribution in [0.5, 0.6) is 5.75 Å². The van der Waals surface area contributed by atoms with Gasteiger partial charge in [0.25, 0.3) is 5.56 Å². The largest absolute Gasteiger partial charge is 0.497 e. The zero-order valence-electron chi connectivity index (χ0n) is 20.6. The second kappa shape index (κ2) is 9.14. The van der Waals surface area contributed by atoms with E-state index in [0.717, 1.165) is 42.8 Å². The first kappa shape index (κ1) is 23.0. The SMILES string of the molecule is COc1ccc2[nH]c(=O)c([C@H](c3nnnn3C(C)(C)C)N3CCN(c4ccccc4)CC3)cc2c1. The minimum atomic E-state index is -0.388. The van der Waals surface area contributed by atoms with Crippen LogP contribution in [0.1, 0.15) is 38.2 Å². The molecular weight excluding hydrogens is 442 g/mol. The normalized spacial score (nSPS) is 15.9. The van der Waals surface area contributed by atoms with Crippen LogP contribution in [0.3, 0.4) is 0 Å². The van der Waals surface area contributed by atoms with Gasteiger partial charge in [-0.1, -0.05) is 18.2 Å². The van der Waals surface area contributed by atoms with Crippen molar-refractivity contribution >= 4 is 16.6 Å². The average Bonchev–Trinajstić information content (AvgIpc) is 3.35. The van der Waals surface area contributed by atoms with E-state index in [-0.39, 0.29) is 17.1 Å². The van der Waals surface area contributed by atoms with Crippen molar-refractivity contribution in [2.24, 2.45) is 0 Å². The molecule has 0 aliphatic carbocycles. The number of benzene rings is 2. The summed E-state index contributed by atoms with van der Waals surface area (Å²) in [5.41, 5.74) is 2.12. The van der Waals surface area contributed by atoms with E-state index in [1.165, 1.54) is 5.69 Å². The summed E-state index contributed by atoms with van der Waals surface area (Å²) in [5, 5.41) is 13.6. The van der Waals surface area contributed by atoms with Gasteiger partial charge in [0.15, 0.2) is 5.82 Å². The number of ether oxygens (including phenoxy) is 1. The summed E-state index contributed by atoms with van der Waals surface area (Å²) in [5.74, 6) is 1.40. The highest BCUT2D eigenvalue weighted by Gasteiger charge is 2.35. The molecule has 0 unspecified atom stereocenters. The first-order valence-corrected chi connectivity index (χ1v) is 11.9. The molecule has 5 rings (SSSR count). The lowest BCUT2D eigenvalue weighted by Gasteiger charge is -2.40. The number of fused-ring (bicyclic) bond motifs is 1. The van der Waals surface area contributed by atoms with E-state index in [1.807, 2.05) is 35.0 Å². The van der Waals surface area contributed by atoms with Gasteiger partial charge in [0, 0.05) is 48.3 Å². The summed E-state index contributed by atoms with van der Waals surface area (Å²) >= 11 is 0. The van der Waals surface area contributed by atoms with Gasteiger partial charge in [-0.2, -0.15) is 0 Å². The number of methoxy groups -OCH3 is 1. The van der Waals surface area contributed by atoms with Gasteiger partial charge in [-0.3, -0.25) is 9.69 Å². The van der Waals surface area contributed by atoms with Crippen molar-refractivity contribution in [3.05, 3.63) is 76.3 Å². The fourth-order valence-electron chi connectivity index (χ4n) is 4.75. The van der Waals surface area contributed by atoms with E-state index in [9.17, 15) is 4.79 Å². The van der Waals surface area contributed by atoms with Crippen LogP contribution >= 0.6 is 0 Å². The summed E-state index contributed by atoms with van der Waals surface area (Å²) in [4.78, 5) is 21.2. The molecule has 182 valence electrons. The maximum atomic E-state index is 13.4. The molecule has 4 aromatic rings. The predicted molar refractivity (Wildman–Crippen MR) is 136 cm³/mol.